The maximum atomic E-state index is 6.20. The lowest BCUT2D eigenvalue weighted by molar-refractivity contribution is 0.590. The number of hydrogen-bond acceptors (Lipinski definition) is 4. The molecule has 0 radical (unpaired) electrons. The van der Waals surface area contributed by atoms with Crippen molar-refractivity contribution in [1.82, 2.24) is 14.9 Å². The van der Waals surface area contributed by atoms with Crippen LogP contribution >= 0.6 is 11.8 Å². The average Bonchev–Trinajstić information content (AvgIpc) is 3.00. The van der Waals surface area contributed by atoms with Gasteiger partial charge in [-0.2, -0.15) is 0 Å². The molecule has 4 nitrogen and oxygen atoms in total. The predicted octanol–water partition coefficient (Wildman–Crippen LogP) is 4.76. The van der Waals surface area contributed by atoms with Gasteiger partial charge >= 0.3 is 0 Å². The van der Waals surface area contributed by atoms with Crippen LogP contribution in [-0.4, -0.2) is 20.6 Å². The van der Waals surface area contributed by atoms with Crippen LogP contribution in [0, 0.1) is 0 Å². The number of aromatic nitrogens is 3. The van der Waals surface area contributed by atoms with Gasteiger partial charge < -0.3 is 5.84 Å². The van der Waals surface area contributed by atoms with Crippen LogP contribution < -0.4 is 5.84 Å². The molecule has 0 fully saturated rings. The molecule has 0 unspecified atom stereocenters. The zero-order valence-corrected chi connectivity index (χ0v) is 16.2. The first-order chi connectivity index (χ1) is 12.4. The minimum absolute atomic E-state index is 0.126. The molecular weight excluding hydrogens is 340 g/mol. The third-order valence-corrected chi connectivity index (χ3v) is 4.99. The summed E-state index contributed by atoms with van der Waals surface area (Å²) in [6, 6.07) is 18.6. The molecule has 1 heterocycles. The van der Waals surface area contributed by atoms with Crippen LogP contribution in [0.5, 0.6) is 0 Å². The van der Waals surface area contributed by atoms with E-state index in [1.165, 1.54) is 11.1 Å². The lowest BCUT2D eigenvalue weighted by atomic mass is 9.87. The summed E-state index contributed by atoms with van der Waals surface area (Å²) in [7, 11) is 0. The van der Waals surface area contributed by atoms with Crippen molar-refractivity contribution in [3.05, 3.63) is 71.8 Å². The molecule has 0 aliphatic heterocycles. The maximum Gasteiger partial charge on any atom is 0.210 e. The molecule has 134 valence electrons. The molecular formula is C21H24N4S. The van der Waals surface area contributed by atoms with Gasteiger partial charge in [-0.3, -0.25) is 0 Å². The van der Waals surface area contributed by atoms with Gasteiger partial charge in [-0.05, 0) is 16.5 Å². The zero-order chi connectivity index (χ0) is 18.6. The highest BCUT2D eigenvalue weighted by Crippen LogP contribution is 2.26. The fourth-order valence-corrected chi connectivity index (χ4v) is 3.23. The third-order valence-electron chi connectivity index (χ3n) is 4.09. The van der Waals surface area contributed by atoms with Gasteiger partial charge in [0.1, 0.15) is 0 Å². The first-order valence-electron chi connectivity index (χ1n) is 8.61. The number of nitrogens with two attached hydrogens (primary N) is 1. The first-order valence-corrected chi connectivity index (χ1v) is 9.59. The predicted molar refractivity (Wildman–Crippen MR) is 111 cm³/mol. The van der Waals surface area contributed by atoms with E-state index in [4.69, 9.17) is 5.84 Å². The van der Waals surface area contributed by atoms with Crippen molar-refractivity contribution in [3.63, 3.8) is 0 Å². The quantitative estimate of drug-likeness (QED) is 0.524. The Hall–Kier alpha value is -2.53. The number of rotatable bonds is 5. The Bertz CT molecular complexity index is 875. The second kappa shape index (κ2) is 7.79. The summed E-state index contributed by atoms with van der Waals surface area (Å²) in [5.74, 6) is 7.66. The Balaban J connectivity index is 1.67. The Morgan fingerprint density at radius 2 is 1.69 bits per heavy atom. The van der Waals surface area contributed by atoms with Crippen molar-refractivity contribution < 1.29 is 0 Å². The number of hydrogen-bond donors (Lipinski definition) is 1. The number of benzene rings is 2. The van der Waals surface area contributed by atoms with Gasteiger partial charge in [-0.15, -0.1) is 10.2 Å². The Morgan fingerprint density at radius 1 is 1.00 bits per heavy atom. The maximum absolute atomic E-state index is 6.20. The molecule has 26 heavy (non-hydrogen) atoms. The van der Waals surface area contributed by atoms with Gasteiger partial charge in [0.05, 0.1) is 0 Å². The summed E-state index contributed by atoms with van der Waals surface area (Å²) in [6.45, 7) is 6.60. The van der Waals surface area contributed by atoms with Gasteiger partial charge in [0, 0.05) is 11.3 Å². The monoisotopic (exact) mass is 364 g/mol. The van der Waals surface area contributed by atoms with Crippen molar-refractivity contribution >= 4 is 17.8 Å². The normalized spacial score (nSPS) is 12.0. The van der Waals surface area contributed by atoms with E-state index in [1.54, 1.807) is 16.4 Å². The van der Waals surface area contributed by atoms with Crippen molar-refractivity contribution in [1.29, 1.82) is 0 Å². The molecule has 0 aliphatic carbocycles. The van der Waals surface area contributed by atoms with Crippen LogP contribution in [0.15, 0.2) is 65.8 Å². The van der Waals surface area contributed by atoms with E-state index in [-0.39, 0.29) is 5.41 Å². The van der Waals surface area contributed by atoms with Gasteiger partial charge in [0.25, 0.3) is 0 Å². The van der Waals surface area contributed by atoms with Gasteiger partial charge in [0.2, 0.25) is 5.16 Å². The molecule has 3 rings (SSSR count). The van der Waals surface area contributed by atoms with Crippen LogP contribution in [0.1, 0.15) is 31.9 Å². The van der Waals surface area contributed by atoms with Gasteiger partial charge in [0.15, 0.2) is 5.82 Å². The molecule has 0 atom stereocenters. The molecule has 5 heteroatoms. The molecule has 2 aromatic carbocycles. The van der Waals surface area contributed by atoms with Gasteiger partial charge in [-0.25, -0.2) is 4.68 Å². The molecule has 0 saturated carbocycles. The highest BCUT2D eigenvalue weighted by Gasteiger charge is 2.15. The fraction of sp³-hybridized carbons (Fsp3) is 0.238. The minimum Gasteiger partial charge on any atom is -0.335 e. The molecule has 0 saturated heterocycles. The Labute approximate surface area is 159 Å². The highest BCUT2D eigenvalue weighted by molar-refractivity contribution is 7.99. The molecule has 0 aliphatic rings. The molecule has 2 N–H and O–H groups in total. The van der Waals surface area contributed by atoms with Crippen LogP contribution in [0.3, 0.4) is 0 Å². The van der Waals surface area contributed by atoms with Crippen molar-refractivity contribution in [3.8, 4) is 11.4 Å². The summed E-state index contributed by atoms with van der Waals surface area (Å²) in [5, 5.41) is 9.19. The molecule has 0 bridgehead atoms. The van der Waals surface area contributed by atoms with Crippen LogP contribution in [0.4, 0.5) is 0 Å². The second-order valence-electron chi connectivity index (χ2n) is 7.13. The fourth-order valence-electron chi connectivity index (χ4n) is 2.56. The SMILES string of the molecule is CC(C)(C)c1ccc(-c2nnc(SC/C=C/c3ccccc3)n2N)cc1. The lowest BCUT2D eigenvalue weighted by Gasteiger charge is -2.19. The summed E-state index contributed by atoms with van der Waals surface area (Å²) in [6.07, 6.45) is 4.20. The summed E-state index contributed by atoms with van der Waals surface area (Å²) < 4.78 is 1.56. The summed E-state index contributed by atoms with van der Waals surface area (Å²) in [5.41, 5.74) is 3.56. The van der Waals surface area contributed by atoms with E-state index in [0.29, 0.717) is 11.0 Å². The van der Waals surface area contributed by atoms with E-state index in [2.05, 4.69) is 79.5 Å². The lowest BCUT2D eigenvalue weighted by Crippen LogP contribution is -2.12. The number of thioether (sulfide) groups is 1. The van der Waals surface area contributed by atoms with E-state index in [9.17, 15) is 0 Å². The first kappa shape index (κ1) is 18.3. The largest absolute Gasteiger partial charge is 0.335 e. The number of nitrogens with zero attached hydrogens (tertiary/aromatic N) is 3. The summed E-state index contributed by atoms with van der Waals surface area (Å²) >= 11 is 1.57. The topological polar surface area (TPSA) is 56.7 Å². The second-order valence-corrected chi connectivity index (χ2v) is 8.11. The van der Waals surface area contributed by atoms with E-state index < -0.39 is 0 Å². The minimum atomic E-state index is 0.126. The van der Waals surface area contributed by atoms with E-state index in [1.807, 2.05) is 18.2 Å². The number of nitrogen functional groups attached to an aromatic ring is 1. The zero-order valence-electron chi connectivity index (χ0n) is 15.4. The van der Waals surface area contributed by atoms with Crippen molar-refractivity contribution in [2.75, 3.05) is 11.6 Å². The van der Waals surface area contributed by atoms with Crippen LogP contribution in [0.25, 0.3) is 17.5 Å². The van der Waals surface area contributed by atoms with Gasteiger partial charge in [-0.1, -0.05) is 99.3 Å². The van der Waals surface area contributed by atoms with E-state index in [0.717, 1.165) is 11.3 Å². The average molecular weight is 365 g/mol. The standard InChI is InChI=1S/C21H24N4S/c1-21(2,3)18-13-11-17(12-14-18)19-23-24-20(25(19)22)26-15-7-10-16-8-5-4-6-9-16/h4-14H,15,22H2,1-3H3/b10-7+. The molecule has 0 spiro atoms. The van der Waals surface area contributed by atoms with Crippen molar-refractivity contribution in [2.45, 2.75) is 31.3 Å². The van der Waals surface area contributed by atoms with E-state index >= 15 is 0 Å². The summed E-state index contributed by atoms with van der Waals surface area (Å²) in [4.78, 5) is 0. The van der Waals surface area contributed by atoms with Crippen LogP contribution in [0.2, 0.25) is 0 Å². The Morgan fingerprint density at radius 3 is 2.35 bits per heavy atom. The highest BCUT2D eigenvalue weighted by atomic mass is 32.2. The van der Waals surface area contributed by atoms with Crippen molar-refractivity contribution in [2.24, 2.45) is 0 Å². The Kier molecular flexibility index (Phi) is 5.47. The van der Waals surface area contributed by atoms with Crippen LogP contribution in [-0.2, 0) is 5.41 Å². The smallest absolute Gasteiger partial charge is 0.210 e. The molecule has 0 amide bonds. The molecule has 3 aromatic rings. The molecule has 1 aromatic heterocycles. The third kappa shape index (κ3) is 4.35.